The first kappa shape index (κ1) is 21.2. The first-order valence-corrected chi connectivity index (χ1v) is 11.2. The van der Waals surface area contributed by atoms with Crippen molar-refractivity contribution < 1.29 is 23.8 Å². The number of carbonyl (C=O) groups is 2. The fourth-order valence-corrected chi connectivity index (χ4v) is 5.93. The van der Waals surface area contributed by atoms with E-state index in [4.69, 9.17) is 25.8 Å². The molecule has 2 heterocycles. The van der Waals surface area contributed by atoms with E-state index >= 15 is 0 Å². The van der Waals surface area contributed by atoms with Crippen molar-refractivity contribution in [1.82, 2.24) is 0 Å². The van der Waals surface area contributed by atoms with Gasteiger partial charge in [0.15, 0.2) is 6.29 Å². The second-order valence-corrected chi connectivity index (χ2v) is 9.42. The molecular formula is C20H29ClO5S. The Morgan fingerprint density at radius 3 is 3.00 bits per heavy atom. The van der Waals surface area contributed by atoms with Crippen LogP contribution in [0.25, 0.3) is 0 Å². The molecule has 2 aliphatic heterocycles. The van der Waals surface area contributed by atoms with E-state index in [0.717, 1.165) is 57.8 Å². The molecule has 0 N–H and O–H groups in total. The van der Waals surface area contributed by atoms with Gasteiger partial charge in [0, 0.05) is 17.9 Å². The molecule has 2 fully saturated rings. The van der Waals surface area contributed by atoms with Crippen LogP contribution in [0.2, 0.25) is 0 Å². The number of carbonyl (C=O) groups excluding carboxylic acids is 2. The molecule has 0 radical (unpaired) electrons. The van der Waals surface area contributed by atoms with Gasteiger partial charge in [0.05, 0.1) is 13.2 Å². The van der Waals surface area contributed by atoms with Gasteiger partial charge in [0.25, 0.3) is 0 Å². The van der Waals surface area contributed by atoms with Gasteiger partial charge in [-0.1, -0.05) is 6.08 Å². The molecule has 0 aromatic rings. The number of rotatable bonds is 8. The van der Waals surface area contributed by atoms with Crippen molar-refractivity contribution in [2.45, 2.75) is 74.4 Å². The highest BCUT2D eigenvalue weighted by atomic mass is 35.5. The van der Waals surface area contributed by atoms with Gasteiger partial charge in [-0.25, -0.2) is 0 Å². The van der Waals surface area contributed by atoms with E-state index in [-0.39, 0.29) is 40.8 Å². The molecule has 0 aromatic heterocycles. The fourth-order valence-electron chi connectivity index (χ4n) is 4.26. The summed E-state index contributed by atoms with van der Waals surface area (Å²) in [5.41, 5.74) is 0. The summed E-state index contributed by atoms with van der Waals surface area (Å²) >= 11 is 8.18. The fraction of sp³-hybridized carbons (Fsp3) is 0.800. The second-order valence-electron chi connectivity index (χ2n) is 7.53. The van der Waals surface area contributed by atoms with Crippen LogP contribution >= 0.6 is 23.4 Å². The molecule has 3 rings (SSSR count). The van der Waals surface area contributed by atoms with E-state index in [1.165, 1.54) is 12.0 Å². The van der Waals surface area contributed by atoms with Crippen molar-refractivity contribution in [2.75, 3.05) is 13.7 Å². The third-order valence-electron chi connectivity index (χ3n) is 5.75. The minimum Gasteiger partial charge on any atom is -0.468 e. The van der Waals surface area contributed by atoms with Crippen LogP contribution in [0.5, 0.6) is 0 Å². The van der Waals surface area contributed by atoms with Crippen LogP contribution in [-0.2, 0) is 23.8 Å². The van der Waals surface area contributed by atoms with Crippen molar-refractivity contribution in [2.24, 2.45) is 11.8 Å². The maximum Gasteiger partial charge on any atom is 0.319 e. The monoisotopic (exact) mass is 416 g/mol. The number of halogens is 1. The standard InChI is InChI=1S/C20H29ClO5S/c1-24-20(23)18-9-8-13(27-18)5-4-6-14-15(12-22)17(11-16(14)21)26-19-7-2-3-10-25-19/h8,12,14-19H,2-7,9-11H2,1H3/t14-,15?,16?,17-,18?,19?/m1/s1. The molecule has 152 valence electrons. The topological polar surface area (TPSA) is 61.8 Å². The van der Waals surface area contributed by atoms with E-state index in [9.17, 15) is 9.59 Å². The summed E-state index contributed by atoms with van der Waals surface area (Å²) in [7, 11) is 1.43. The van der Waals surface area contributed by atoms with Crippen LogP contribution in [-0.4, -0.2) is 49.0 Å². The van der Waals surface area contributed by atoms with E-state index < -0.39 is 0 Å². The number of ether oxygens (including phenoxy) is 3. The smallest absolute Gasteiger partial charge is 0.319 e. The number of esters is 1. The van der Waals surface area contributed by atoms with Crippen LogP contribution in [0.1, 0.15) is 51.4 Å². The highest BCUT2D eigenvalue weighted by Crippen LogP contribution is 2.42. The predicted molar refractivity (Wildman–Crippen MR) is 106 cm³/mol. The van der Waals surface area contributed by atoms with Gasteiger partial charge in [-0.2, -0.15) is 0 Å². The summed E-state index contributed by atoms with van der Waals surface area (Å²) in [6, 6.07) is 0. The molecule has 0 spiro atoms. The Labute approximate surface area is 170 Å². The summed E-state index contributed by atoms with van der Waals surface area (Å²) in [5, 5.41) is -0.143. The van der Waals surface area contributed by atoms with Gasteiger partial charge < -0.3 is 19.0 Å². The van der Waals surface area contributed by atoms with E-state index in [2.05, 4.69) is 6.08 Å². The number of allylic oxidation sites excluding steroid dienone is 2. The molecule has 6 atom stereocenters. The Balaban J connectivity index is 1.45. The van der Waals surface area contributed by atoms with Crippen molar-refractivity contribution >= 4 is 35.6 Å². The Morgan fingerprint density at radius 1 is 1.44 bits per heavy atom. The zero-order valence-corrected chi connectivity index (χ0v) is 17.4. The largest absolute Gasteiger partial charge is 0.468 e. The summed E-state index contributed by atoms with van der Waals surface area (Å²) < 4.78 is 16.6. The maximum absolute atomic E-state index is 11.7. The maximum atomic E-state index is 11.7. The molecular weight excluding hydrogens is 388 g/mol. The number of thioether (sulfide) groups is 1. The predicted octanol–water partition coefficient (Wildman–Crippen LogP) is 4.07. The van der Waals surface area contributed by atoms with Crippen molar-refractivity contribution in [3.63, 3.8) is 0 Å². The van der Waals surface area contributed by atoms with Gasteiger partial charge in [-0.3, -0.25) is 4.79 Å². The minimum absolute atomic E-state index is 0.0400. The average Bonchev–Trinajstić information content (AvgIpc) is 3.27. The van der Waals surface area contributed by atoms with Crippen LogP contribution in [0, 0.1) is 11.8 Å². The lowest BCUT2D eigenvalue weighted by Gasteiger charge is -2.28. The molecule has 3 aliphatic rings. The van der Waals surface area contributed by atoms with Crippen LogP contribution < -0.4 is 0 Å². The molecule has 1 saturated heterocycles. The van der Waals surface area contributed by atoms with Gasteiger partial charge in [0.1, 0.15) is 11.5 Å². The van der Waals surface area contributed by atoms with Gasteiger partial charge in [-0.05, 0) is 62.2 Å². The molecule has 0 amide bonds. The van der Waals surface area contributed by atoms with Gasteiger partial charge in [-0.15, -0.1) is 23.4 Å². The number of hydrogen-bond donors (Lipinski definition) is 0. The minimum atomic E-state index is -0.191. The number of methoxy groups -OCH3 is 1. The third-order valence-corrected chi connectivity index (χ3v) is 7.59. The zero-order chi connectivity index (χ0) is 19.2. The third kappa shape index (κ3) is 5.49. The van der Waals surface area contributed by atoms with Crippen LogP contribution in [0.15, 0.2) is 11.0 Å². The van der Waals surface area contributed by atoms with E-state index in [1.54, 1.807) is 11.8 Å². The zero-order valence-electron chi connectivity index (χ0n) is 15.8. The lowest BCUT2D eigenvalue weighted by molar-refractivity contribution is -0.194. The number of aldehydes is 1. The summed E-state index contributed by atoms with van der Waals surface area (Å²) in [6.07, 6.45) is 10.1. The first-order chi connectivity index (χ1) is 13.1. The van der Waals surface area contributed by atoms with Crippen molar-refractivity contribution in [3.05, 3.63) is 11.0 Å². The normalized spacial score (nSPS) is 36.4. The summed E-state index contributed by atoms with van der Waals surface area (Å²) in [6.45, 7) is 0.732. The second kappa shape index (κ2) is 10.3. The molecule has 27 heavy (non-hydrogen) atoms. The molecule has 1 saturated carbocycles. The molecule has 7 heteroatoms. The Bertz CT molecular complexity index is 548. The Morgan fingerprint density at radius 2 is 2.30 bits per heavy atom. The Kier molecular flexibility index (Phi) is 8.06. The van der Waals surface area contributed by atoms with E-state index in [1.807, 2.05) is 0 Å². The highest BCUT2D eigenvalue weighted by molar-refractivity contribution is 8.04. The summed E-state index contributed by atoms with van der Waals surface area (Å²) in [4.78, 5) is 24.6. The van der Waals surface area contributed by atoms with Crippen molar-refractivity contribution in [1.29, 1.82) is 0 Å². The Hall–Kier alpha value is -0.560. The summed E-state index contributed by atoms with van der Waals surface area (Å²) in [5.74, 6) is -0.180. The first-order valence-electron chi connectivity index (χ1n) is 9.92. The van der Waals surface area contributed by atoms with E-state index in [0.29, 0.717) is 6.42 Å². The van der Waals surface area contributed by atoms with Gasteiger partial charge >= 0.3 is 5.97 Å². The average molecular weight is 417 g/mol. The molecule has 0 aromatic carbocycles. The SMILES string of the molecule is COC(=O)C1CC=C(CCC[C@H]2C(Cl)C[C@@H](OC3CCCCO3)C2C=O)S1. The molecule has 1 aliphatic carbocycles. The van der Waals surface area contributed by atoms with Crippen LogP contribution in [0.3, 0.4) is 0 Å². The van der Waals surface area contributed by atoms with Crippen LogP contribution in [0.4, 0.5) is 0 Å². The lowest BCUT2D eigenvalue weighted by Crippen LogP contribution is -2.32. The van der Waals surface area contributed by atoms with Crippen molar-refractivity contribution in [3.8, 4) is 0 Å². The quantitative estimate of drug-likeness (QED) is 0.337. The lowest BCUT2D eigenvalue weighted by atomic mass is 9.91. The number of hydrogen-bond acceptors (Lipinski definition) is 6. The molecule has 4 unspecified atom stereocenters. The molecule has 0 bridgehead atoms. The van der Waals surface area contributed by atoms with Gasteiger partial charge in [0.2, 0.25) is 0 Å². The highest BCUT2D eigenvalue weighted by Gasteiger charge is 2.43. The number of alkyl halides is 1. The molecule has 5 nitrogen and oxygen atoms in total.